The predicted octanol–water partition coefficient (Wildman–Crippen LogP) is 21.8. The van der Waals surface area contributed by atoms with Crippen LogP contribution in [-0.2, 0) is 0 Å². The summed E-state index contributed by atoms with van der Waals surface area (Å²) >= 11 is 0. The normalized spacial score (nSPS) is 12.1. The molecule has 0 saturated heterocycles. The van der Waals surface area contributed by atoms with E-state index < -0.39 is 0 Å². The Morgan fingerprint density at radius 2 is 0.482 bits per heavy atom. The fraction of sp³-hybridized carbons (Fsp3) is 0. The van der Waals surface area contributed by atoms with Crippen molar-refractivity contribution in [3.63, 3.8) is 0 Å². The molecule has 0 spiro atoms. The van der Waals surface area contributed by atoms with E-state index in [1.807, 2.05) is 182 Å². The number of hydrogen-bond acceptors (Lipinski definition) is 11. The summed E-state index contributed by atoms with van der Waals surface area (Å²) in [6.07, 6.45) is 0. The van der Waals surface area contributed by atoms with Crippen LogP contribution in [0.25, 0.3) is 152 Å². The summed E-state index contributed by atoms with van der Waals surface area (Å²) in [5.41, 5.74) is 25.1. The number of benzene rings is 15. The molecule has 13 heteroatoms. The van der Waals surface area contributed by atoms with Gasteiger partial charge < -0.3 is 14.4 Å². The van der Waals surface area contributed by atoms with Gasteiger partial charge >= 0.3 is 0 Å². The van der Waals surface area contributed by atoms with Crippen LogP contribution in [0.3, 0.4) is 0 Å². The number of anilines is 6. The number of fused-ring (bicyclic) bond motifs is 7. The molecule has 15 aromatic carbocycles. The molecular weight excluding hydrogens is 1370 g/mol. The molecule has 0 amide bonds. The Hall–Kier alpha value is -15.2. The van der Waals surface area contributed by atoms with Crippen LogP contribution in [0.15, 0.2) is 382 Å². The van der Waals surface area contributed by atoms with E-state index in [1.165, 1.54) is 22.1 Å². The third-order valence-corrected chi connectivity index (χ3v) is 21.3. The second-order valence-corrected chi connectivity index (χ2v) is 28.0. The van der Waals surface area contributed by atoms with E-state index >= 15 is 0 Å². The first kappa shape index (κ1) is 65.1. The van der Waals surface area contributed by atoms with Crippen LogP contribution in [0.5, 0.6) is 0 Å². The maximum absolute atomic E-state index is 5.34. The monoisotopic (exact) mass is 1430 g/mol. The highest BCUT2D eigenvalue weighted by atomic mass is 15.2. The molecule has 0 atom stereocenters. The van der Waals surface area contributed by atoms with Gasteiger partial charge in [-0.2, -0.15) is 0 Å². The second kappa shape index (κ2) is 27.5. The molecule has 0 bridgehead atoms. The van der Waals surface area contributed by atoms with Crippen LogP contribution in [0.1, 0.15) is 0 Å². The highest BCUT2D eigenvalue weighted by molar-refractivity contribution is 7.00. The van der Waals surface area contributed by atoms with Crippen molar-refractivity contribution in [2.24, 2.45) is 0 Å². The van der Waals surface area contributed by atoms with Gasteiger partial charge in [-0.05, 0) is 125 Å². The maximum Gasteiger partial charge on any atom is 0.252 e. The largest absolute Gasteiger partial charge is 0.311 e. The number of hydrogen-bond donors (Lipinski definition) is 0. The van der Waals surface area contributed by atoms with Crippen molar-refractivity contribution in [2.45, 2.75) is 0 Å². The van der Waals surface area contributed by atoms with Crippen molar-refractivity contribution in [3.8, 4) is 130 Å². The molecule has 6 heterocycles. The zero-order valence-corrected chi connectivity index (χ0v) is 60.3. The van der Waals surface area contributed by atoms with Gasteiger partial charge in [0.25, 0.3) is 6.71 Å². The zero-order valence-electron chi connectivity index (χ0n) is 60.3. The minimum atomic E-state index is -0.0630. The Morgan fingerprint density at radius 3 is 0.866 bits per heavy atom. The van der Waals surface area contributed by atoms with E-state index in [4.69, 9.17) is 44.9 Å². The summed E-state index contributed by atoms with van der Waals surface area (Å²) in [6.45, 7) is -0.0630. The summed E-state index contributed by atoms with van der Waals surface area (Å²) in [4.78, 5) is 52.1. The van der Waals surface area contributed by atoms with Crippen LogP contribution >= 0.6 is 0 Å². The average molecular weight is 1430 g/mol. The van der Waals surface area contributed by atoms with Gasteiger partial charge in [0, 0.05) is 100 Å². The molecule has 0 saturated carbocycles. The van der Waals surface area contributed by atoms with Crippen molar-refractivity contribution in [1.82, 2.24) is 49.4 Å². The lowest BCUT2D eigenvalue weighted by Crippen LogP contribution is -2.61. The Labute approximate surface area is 646 Å². The van der Waals surface area contributed by atoms with E-state index in [2.05, 4.69) is 215 Å². The number of para-hydroxylation sites is 4. The third kappa shape index (κ3) is 11.5. The van der Waals surface area contributed by atoms with Crippen LogP contribution in [0.2, 0.25) is 0 Å². The first-order valence-electron chi connectivity index (χ1n) is 37.5. The number of aromatic nitrogens is 10. The molecule has 2 aliphatic heterocycles. The topological polar surface area (TPSA) is 127 Å². The summed E-state index contributed by atoms with van der Waals surface area (Å²) in [6, 6.07) is 134. The molecule has 522 valence electrons. The molecule has 21 rings (SSSR count). The highest BCUT2D eigenvalue weighted by Gasteiger charge is 2.44. The van der Waals surface area contributed by atoms with Crippen LogP contribution < -0.4 is 26.2 Å². The molecule has 0 fully saturated rings. The lowest BCUT2D eigenvalue weighted by Gasteiger charge is -2.45. The van der Waals surface area contributed by atoms with E-state index in [0.29, 0.717) is 52.4 Å². The van der Waals surface area contributed by atoms with Gasteiger partial charge in [0.05, 0.1) is 22.4 Å². The summed E-state index contributed by atoms with van der Waals surface area (Å²) in [5, 5.41) is 1.91. The van der Waals surface area contributed by atoms with Crippen LogP contribution in [-0.4, -0.2) is 56.1 Å². The second-order valence-electron chi connectivity index (χ2n) is 28.0. The van der Waals surface area contributed by atoms with E-state index in [1.54, 1.807) is 0 Å². The molecule has 0 N–H and O–H groups in total. The number of nitrogens with zero attached hydrogens (tertiary/aromatic N) is 12. The first-order valence-corrected chi connectivity index (χ1v) is 37.5. The SMILES string of the molecule is c1ccc(-c2nc(-c3ccccc3)nc(-c3ccc(-n4c5ccc(-c6nc(-c7ccccc7)nc(-c7ccccc7)n6)cc5c5cc(-c6nc(-c7ccccc7)nc(-c7ccccc7)n6)ccc54)c(-c4ccc(-c5ccc6c7c5N(c5ccccc5)c5ccccc5B7c5ccccc5N6c5ccccc5)cc4)c3)n2)cc1. The van der Waals surface area contributed by atoms with Crippen molar-refractivity contribution in [1.29, 1.82) is 0 Å². The van der Waals surface area contributed by atoms with Crippen molar-refractivity contribution in [3.05, 3.63) is 382 Å². The molecular formula is C99H63BN12. The summed E-state index contributed by atoms with van der Waals surface area (Å²) < 4.78 is 2.39. The number of rotatable bonds is 14. The predicted molar refractivity (Wildman–Crippen MR) is 455 cm³/mol. The Kier molecular flexibility index (Phi) is 16.0. The highest BCUT2D eigenvalue weighted by Crippen LogP contribution is 2.49. The van der Waals surface area contributed by atoms with Gasteiger partial charge in [0.1, 0.15) is 0 Å². The molecule has 0 aliphatic carbocycles. The fourth-order valence-corrected chi connectivity index (χ4v) is 16.2. The summed E-state index contributed by atoms with van der Waals surface area (Å²) in [7, 11) is 0. The Balaban J connectivity index is 0.799. The smallest absolute Gasteiger partial charge is 0.252 e. The quantitative estimate of drug-likeness (QED) is 0.0966. The van der Waals surface area contributed by atoms with Gasteiger partial charge in [-0.1, -0.05) is 285 Å². The minimum absolute atomic E-state index is 0.0630. The molecule has 2 aliphatic rings. The van der Waals surface area contributed by atoms with Crippen molar-refractivity contribution >= 4 is 79.0 Å². The molecule has 4 aromatic heterocycles. The Morgan fingerprint density at radius 1 is 0.196 bits per heavy atom. The fourth-order valence-electron chi connectivity index (χ4n) is 16.2. The zero-order chi connectivity index (χ0) is 74.0. The van der Waals surface area contributed by atoms with Crippen molar-refractivity contribution in [2.75, 3.05) is 9.80 Å². The lowest BCUT2D eigenvalue weighted by atomic mass is 9.33. The lowest BCUT2D eigenvalue weighted by molar-refractivity contribution is 1.07. The molecule has 19 aromatic rings. The van der Waals surface area contributed by atoms with Gasteiger partial charge in [-0.15, -0.1) is 0 Å². The van der Waals surface area contributed by atoms with Gasteiger partial charge in [0.2, 0.25) is 0 Å². The average Bonchev–Trinajstić information content (AvgIpc) is 0.899. The van der Waals surface area contributed by atoms with E-state index in [9.17, 15) is 0 Å². The van der Waals surface area contributed by atoms with Crippen LogP contribution in [0, 0.1) is 0 Å². The van der Waals surface area contributed by atoms with Crippen molar-refractivity contribution < 1.29 is 0 Å². The van der Waals surface area contributed by atoms with Crippen LogP contribution in [0.4, 0.5) is 34.1 Å². The van der Waals surface area contributed by atoms with E-state index in [-0.39, 0.29) is 6.71 Å². The molecule has 12 nitrogen and oxygen atoms in total. The van der Waals surface area contributed by atoms with Gasteiger partial charge in [-0.3, -0.25) is 0 Å². The molecule has 112 heavy (non-hydrogen) atoms. The molecule has 0 unspecified atom stereocenters. The Bertz CT molecular complexity index is 6430. The maximum atomic E-state index is 5.34. The molecule has 0 radical (unpaired) electrons. The standard InChI is InChI=1S/C99H63BN12/c1-9-29-66(30-10-1)91-101-92(67-31-11-2-12-32-67)105-97(104-91)72-53-57-83(78(61-72)65-51-49-64(50-52-65)77-56-60-88-89-90(77)111(76-43-23-8-24-44-76)87-48-28-26-46-82(87)100(89)81-45-25-27-47-86(81)110(88)75-41-21-7-22-42-75)112-84-58-54-73(98-106-93(68-33-13-3-14-34-68)102-94(107-98)69-35-15-4-16-36-69)62-79(84)80-63-74(55-59-85(80)112)99-108-95(70-37-17-5-18-38-70)103-96(109-99)71-39-19-6-20-40-71/h1-63H. The van der Waals surface area contributed by atoms with Gasteiger partial charge in [0.15, 0.2) is 52.4 Å². The van der Waals surface area contributed by atoms with E-state index in [0.717, 1.165) is 128 Å². The first-order chi connectivity index (χ1) is 55.5. The van der Waals surface area contributed by atoms with Gasteiger partial charge in [-0.25, -0.2) is 44.9 Å². The summed E-state index contributed by atoms with van der Waals surface area (Å²) in [5.74, 6) is 5.04. The third-order valence-electron chi connectivity index (χ3n) is 21.3. The minimum Gasteiger partial charge on any atom is -0.311 e.